The number of ether oxygens (including phenoxy) is 1. The van der Waals surface area contributed by atoms with Gasteiger partial charge in [0.2, 0.25) is 0 Å². The molecule has 2 aromatic heterocycles. The molecule has 2 aromatic carbocycles. The molecule has 0 saturated carbocycles. The fourth-order valence-corrected chi connectivity index (χ4v) is 3.87. The Morgan fingerprint density at radius 2 is 1.73 bits per heavy atom. The van der Waals surface area contributed by atoms with Crippen molar-refractivity contribution in [3.8, 4) is 11.4 Å². The van der Waals surface area contributed by atoms with E-state index in [-0.39, 0.29) is 11.7 Å². The van der Waals surface area contributed by atoms with Gasteiger partial charge in [0.05, 0.1) is 5.69 Å². The molecule has 0 radical (unpaired) electrons. The SMILES string of the molecule is CC(Oc1ccccc1)C(=O)N1CCN(c2ncnc3c2nnn3-c2ccc(F)cc2)CC1. The van der Waals surface area contributed by atoms with Crippen LogP contribution in [-0.4, -0.2) is 68.1 Å². The van der Waals surface area contributed by atoms with E-state index in [0.29, 0.717) is 54.6 Å². The number of amides is 1. The topological polar surface area (TPSA) is 89.3 Å². The first-order valence-electron chi connectivity index (χ1n) is 10.7. The summed E-state index contributed by atoms with van der Waals surface area (Å²) < 4.78 is 20.6. The summed E-state index contributed by atoms with van der Waals surface area (Å²) >= 11 is 0. The lowest BCUT2D eigenvalue weighted by Crippen LogP contribution is -2.52. The molecule has 1 saturated heterocycles. The smallest absolute Gasteiger partial charge is 0.263 e. The van der Waals surface area contributed by atoms with Crippen molar-refractivity contribution < 1.29 is 13.9 Å². The van der Waals surface area contributed by atoms with Crippen molar-refractivity contribution in [3.05, 3.63) is 66.7 Å². The van der Waals surface area contributed by atoms with Crippen molar-refractivity contribution >= 4 is 22.9 Å². The van der Waals surface area contributed by atoms with Crippen LogP contribution in [0.1, 0.15) is 6.92 Å². The van der Waals surface area contributed by atoms with Gasteiger partial charge in [-0.1, -0.05) is 23.4 Å². The summed E-state index contributed by atoms with van der Waals surface area (Å²) in [5.41, 5.74) is 1.75. The van der Waals surface area contributed by atoms with Crippen LogP contribution in [0.15, 0.2) is 60.9 Å². The molecule has 1 unspecified atom stereocenters. The van der Waals surface area contributed by atoms with E-state index in [1.54, 1.807) is 28.6 Å². The molecule has 9 nitrogen and oxygen atoms in total. The predicted octanol–water partition coefficient (Wildman–Crippen LogP) is 2.47. The highest BCUT2D eigenvalue weighted by molar-refractivity contribution is 5.84. The second-order valence-corrected chi connectivity index (χ2v) is 7.73. The van der Waals surface area contributed by atoms with Gasteiger partial charge in [-0.3, -0.25) is 4.79 Å². The van der Waals surface area contributed by atoms with E-state index in [1.165, 1.54) is 18.5 Å². The molecular formula is C23H22FN7O2. The minimum Gasteiger partial charge on any atom is -0.481 e. The molecule has 1 aliphatic heterocycles. The number of para-hydroxylation sites is 1. The fraction of sp³-hybridized carbons (Fsp3) is 0.261. The van der Waals surface area contributed by atoms with E-state index in [2.05, 4.69) is 25.2 Å². The summed E-state index contributed by atoms with van der Waals surface area (Å²) in [5.74, 6) is 0.960. The highest BCUT2D eigenvalue weighted by Gasteiger charge is 2.28. The molecule has 5 rings (SSSR count). The van der Waals surface area contributed by atoms with Crippen molar-refractivity contribution in [2.75, 3.05) is 31.1 Å². The number of halogens is 1. The minimum absolute atomic E-state index is 0.0476. The van der Waals surface area contributed by atoms with Crippen molar-refractivity contribution in [1.29, 1.82) is 0 Å². The van der Waals surface area contributed by atoms with Gasteiger partial charge in [0.1, 0.15) is 17.9 Å². The van der Waals surface area contributed by atoms with Crippen LogP contribution in [0, 0.1) is 5.82 Å². The molecule has 10 heteroatoms. The molecule has 33 heavy (non-hydrogen) atoms. The van der Waals surface area contributed by atoms with E-state index in [1.807, 2.05) is 30.3 Å². The fourth-order valence-electron chi connectivity index (χ4n) is 3.87. The third-order valence-electron chi connectivity index (χ3n) is 5.58. The van der Waals surface area contributed by atoms with Crippen molar-refractivity contribution in [2.24, 2.45) is 0 Å². The third-order valence-corrected chi connectivity index (χ3v) is 5.58. The predicted molar refractivity (Wildman–Crippen MR) is 120 cm³/mol. The Hall–Kier alpha value is -4.08. The first kappa shape index (κ1) is 20.8. The lowest BCUT2D eigenvalue weighted by molar-refractivity contribution is -0.138. The van der Waals surface area contributed by atoms with Gasteiger partial charge in [-0.25, -0.2) is 14.4 Å². The summed E-state index contributed by atoms with van der Waals surface area (Å²) in [6, 6.07) is 15.3. The van der Waals surface area contributed by atoms with E-state index in [4.69, 9.17) is 4.74 Å². The van der Waals surface area contributed by atoms with Gasteiger partial charge in [0.15, 0.2) is 23.1 Å². The van der Waals surface area contributed by atoms with Gasteiger partial charge in [-0.05, 0) is 43.3 Å². The number of carbonyl (C=O) groups excluding carboxylic acids is 1. The van der Waals surface area contributed by atoms with E-state index < -0.39 is 6.10 Å². The average molecular weight is 447 g/mol. The third kappa shape index (κ3) is 4.19. The Labute approximate surface area is 189 Å². The summed E-state index contributed by atoms with van der Waals surface area (Å²) in [6.07, 6.45) is 0.897. The number of aromatic nitrogens is 5. The van der Waals surface area contributed by atoms with Crippen LogP contribution in [0.5, 0.6) is 5.75 Å². The Balaban J connectivity index is 1.28. The maximum Gasteiger partial charge on any atom is 0.263 e. The number of rotatable bonds is 5. The van der Waals surface area contributed by atoms with Gasteiger partial charge >= 0.3 is 0 Å². The van der Waals surface area contributed by atoms with E-state index in [9.17, 15) is 9.18 Å². The number of hydrogen-bond donors (Lipinski definition) is 0. The van der Waals surface area contributed by atoms with Gasteiger partial charge in [0.25, 0.3) is 5.91 Å². The molecule has 0 spiro atoms. The quantitative estimate of drug-likeness (QED) is 0.464. The van der Waals surface area contributed by atoms with Crippen LogP contribution < -0.4 is 9.64 Å². The van der Waals surface area contributed by atoms with Crippen LogP contribution in [-0.2, 0) is 4.79 Å². The highest BCUT2D eigenvalue weighted by atomic mass is 19.1. The summed E-state index contributed by atoms with van der Waals surface area (Å²) in [4.78, 5) is 25.5. The number of fused-ring (bicyclic) bond motifs is 1. The van der Waals surface area contributed by atoms with Crippen molar-refractivity contribution in [1.82, 2.24) is 29.9 Å². The lowest BCUT2D eigenvalue weighted by atomic mass is 10.2. The van der Waals surface area contributed by atoms with Gasteiger partial charge < -0.3 is 14.5 Å². The van der Waals surface area contributed by atoms with Gasteiger partial charge in [-0.2, -0.15) is 4.68 Å². The molecule has 0 N–H and O–H groups in total. The number of piperazine rings is 1. The van der Waals surface area contributed by atoms with Crippen molar-refractivity contribution in [3.63, 3.8) is 0 Å². The zero-order chi connectivity index (χ0) is 22.8. The summed E-state index contributed by atoms with van der Waals surface area (Å²) in [6.45, 7) is 4.04. The highest BCUT2D eigenvalue weighted by Crippen LogP contribution is 2.24. The lowest BCUT2D eigenvalue weighted by Gasteiger charge is -2.36. The van der Waals surface area contributed by atoms with Crippen LogP contribution >= 0.6 is 0 Å². The standard InChI is InChI=1S/C23H22FN7O2/c1-16(33-19-5-3-2-4-6-19)23(32)30-13-11-29(12-14-30)21-20-22(26-15-25-21)31(28-27-20)18-9-7-17(24)8-10-18/h2-10,15-16H,11-14H2,1H3. The maximum absolute atomic E-state index is 13.3. The first-order valence-corrected chi connectivity index (χ1v) is 10.7. The number of anilines is 1. The van der Waals surface area contributed by atoms with Crippen LogP contribution in [0.4, 0.5) is 10.2 Å². The molecule has 1 amide bonds. The van der Waals surface area contributed by atoms with Crippen molar-refractivity contribution in [2.45, 2.75) is 13.0 Å². The second-order valence-electron chi connectivity index (χ2n) is 7.73. The number of nitrogens with zero attached hydrogens (tertiary/aromatic N) is 7. The molecule has 0 bridgehead atoms. The first-order chi connectivity index (χ1) is 16.1. The Bertz CT molecular complexity index is 1260. The van der Waals surface area contributed by atoms with E-state index >= 15 is 0 Å². The minimum atomic E-state index is -0.569. The molecule has 1 atom stereocenters. The number of benzene rings is 2. The van der Waals surface area contributed by atoms with Gasteiger partial charge in [-0.15, -0.1) is 5.10 Å². The number of carbonyl (C=O) groups is 1. The molecule has 4 aromatic rings. The zero-order valence-corrected chi connectivity index (χ0v) is 18.0. The second kappa shape index (κ2) is 8.81. The molecule has 1 aliphatic rings. The molecule has 0 aliphatic carbocycles. The monoisotopic (exact) mass is 447 g/mol. The Kier molecular flexibility index (Phi) is 5.55. The van der Waals surface area contributed by atoms with Crippen LogP contribution in [0.3, 0.4) is 0 Å². The zero-order valence-electron chi connectivity index (χ0n) is 18.0. The van der Waals surface area contributed by atoms with E-state index in [0.717, 1.165) is 0 Å². The maximum atomic E-state index is 13.3. The Morgan fingerprint density at radius 1 is 1.00 bits per heavy atom. The summed E-state index contributed by atoms with van der Waals surface area (Å²) in [5, 5.41) is 8.46. The molecule has 168 valence electrons. The van der Waals surface area contributed by atoms with Gasteiger partial charge in [0, 0.05) is 26.2 Å². The van der Waals surface area contributed by atoms with Crippen LogP contribution in [0.25, 0.3) is 16.9 Å². The molecule has 1 fully saturated rings. The molecule has 3 heterocycles. The average Bonchev–Trinajstić information content (AvgIpc) is 3.29. The largest absolute Gasteiger partial charge is 0.481 e. The molecular weight excluding hydrogens is 425 g/mol. The normalized spacial score (nSPS) is 15.0. The number of hydrogen-bond acceptors (Lipinski definition) is 7. The summed E-state index contributed by atoms with van der Waals surface area (Å²) in [7, 11) is 0. The van der Waals surface area contributed by atoms with Crippen LogP contribution in [0.2, 0.25) is 0 Å². The Morgan fingerprint density at radius 3 is 2.45 bits per heavy atom.